The van der Waals surface area contributed by atoms with Gasteiger partial charge in [0.05, 0.1) is 23.2 Å². The molecule has 2 aromatic heterocycles. The first kappa shape index (κ1) is 17.0. The largest absolute Gasteiger partial charge is 0.494 e. The Morgan fingerprint density at radius 3 is 2.81 bits per heavy atom. The smallest absolute Gasteiger partial charge is 0.186 e. The van der Waals surface area contributed by atoms with Crippen molar-refractivity contribution in [1.29, 1.82) is 0 Å². The van der Waals surface area contributed by atoms with Crippen LogP contribution in [0.25, 0.3) is 10.2 Å². The molecule has 1 saturated heterocycles. The van der Waals surface area contributed by atoms with E-state index < -0.39 is 0 Å². The van der Waals surface area contributed by atoms with Gasteiger partial charge in [-0.05, 0) is 37.0 Å². The van der Waals surface area contributed by atoms with Gasteiger partial charge in [0.15, 0.2) is 5.13 Å². The fraction of sp³-hybridized carbons (Fsp3) is 0.500. The normalized spacial score (nSPS) is 17.6. The van der Waals surface area contributed by atoms with Crippen LogP contribution >= 0.6 is 11.3 Å². The second kappa shape index (κ2) is 6.80. The highest BCUT2D eigenvalue weighted by Crippen LogP contribution is 2.34. The third kappa shape index (κ3) is 2.99. The minimum atomic E-state index is 0.860. The molecule has 2 aliphatic rings. The highest BCUT2D eigenvalue weighted by atomic mass is 32.1. The number of hydrogen-bond acceptors (Lipinski definition) is 6. The molecule has 27 heavy (non-hydrogen) atoms. The molecule has 142 valence electrons. The summed E-state index contributed by atoms with van der Waals surface area (Å²) in [4.78, 5) is 9.82. The summed E-state index contributed by atoms with van der Waals surface area (Å²) in [6.07, 6.45) is 3.62. The summed E-state index contributed by atoms with van der Waals surface area (Å²) >= 11 is 1.76. The monoisotopic (exact) mass is 383 g/mol. The standard InChI is InChI=1S/C20H25N5OS/c1-23-16(14-5-3-6-15(14)22-23)13-24-9-11-25(12-10-24)20-21-19-17(26-2)7-4-8-18(19)27-20/h4,7-8H,3,5-6,9-13H2,1-2H3. The van der Waals surface area contributed by atoms with E-state index in [1.54, 1.807) is 18.4 Å². The third-order valence-electron chi connectivity index (χ3n) is 5.81. The van der Waals surface area contributed by atoms with Gasteiger partial charge in [0.25, 0.3) is 0 Å². The topological polar surface area (TPSA) is 46.4 Å². The summed E-state index contributed by atoms with van der Waals surface area (Å²) in [6, 6.07) is 6.14. The maximum atomic E-state index is 5.46. The zero-order chi connectivity index (χ0) is 18.4. The second-order valence-electron chi connectivity index (χ2n) is 7.42. The number of benzene rings is 1. The number of aryl methyl sites for hydroxylation is 2. The Morgan fingerprint density at radius 2 is 2.00 bits per heavy atom. The predicted molar refractivity (Wildman–Crippen MR) is 109 cm³/mol. The SMILES string of the molecule is COc1cccc2sc(N3CCN(Cc4c5c(nn4C)CCC5)CC3)nc12. The van der Waals surface area contributed by atoms with Gasteiger partial charge in [0, 0.05) is 39.8 Å². The number of rotatable bonds is 4. The fourth-order valence-electron chi connectivity index (χ4n) is 4.30. The van der Waals surface area contributed by atoms with E-state index in [0.29, 0.717) is 0 Å². The molecule has 0 spiro atoms. The van der Waals surface area contributed by atoms with Gasteiger partial charge >= 0.3 is 0 Å². The van der Waals surface area contributed by atoms with Gasteiger partial charge in [-0.2, -0.15) is 5.10 Å². The average molecular weight is 384 g/mol. The Labute approximate surface area is 163 Å². The van der Waals surface area contributed by atoms with Crippen LogP contribution in [0, 0.1) is 0 Å². The predicted octanol–water partition coefficient (Wildman–Crippen LogP) is 2.85. The Balaban J connectivity index is 1.28. The number of fused-ring (bicyclic) bond motifs is 2. The molecule has 5 rings (SSSR count). The molecule has 1 aliphatic carbocycles. The first-order valence-corrected chi connectivity index (χ1v) is 10.5. The highest BCUT2D eigenvalue weighted by molar-refractivity contribution is 7.22. The fourth-order valence-corrected chi connectivity index (χ4v) is 5.34. The summed E-state index contributed by atoms with van der Waals surface area (Å²) in [6.45, 7) is 5.17. The summed E-state index contributed by atoms with van der Waals surface area (Å²) in [5.41, 5.74) is 5.24. The van der Waals surface area contributed by atoms with Gasteiger partial charge in [-0.1, -0.05) is 17.4 Å². The number of piperazine rings is 1. The quantitative estimate of drug-likeness (QED) is 0.693. The van der Waals surface area contributed by atoms with Crippen LogP contribution in [-0.2, 0) is 26.4 Å². The molecule has 0 radical (unpaired) electrons. The molecule has 3 heterocycles. The highest BCUT2D eigenvalue weighted by Gasteiger charge is 2.25. The Kier molecular flexibility index (Phi) is 4.28. The zero-order valence-electron chi connectivity index (χ0n) is 15.9. The molecule has 0 unspecified atom stereocenters. The number of thiazole rings is 1. The first-order valence-electron chi connectivity index (χ1n) is 9.67. The van der Waals surface area contributed by atoms with E-state index in [1.807, 2.05) is 12.1 Å². The van der Waals surface area contributed by atoms with E-state index in [0.717, 1.165) is 55.5 Å². The Hall–Kier alpha value is -2.12. The second-order valence-corrected chi connectivity index (χ2v) is 8.42. The number of nitrogens with zero attached hydrogens (tertiary/aromatic N) is 5. The summed E-state index contributed by atoms with van der Waals surface area (Å²) in [5, 5.41) is 5.83. The van der Waals surface area contributed by atoms with Gasteiger partial charge in [-0.3, -0.25) is 9.58 Å². The van der Waals surface area contributed by atoms with E-state index in [1.165, 1.54) is 34.5 Å². The van der Waals surface area contributed by atoms with Gasteiger partial charge in [-0.15, -0.1) is 0 Å². The van der Waals surface area contributed by atoms with Crippen molar-refractivity contribution in [2.75, 3.05) is 38.2 Å². The lowest BCUT2D eigenvalue weighted by Crippen LogP contribution is -2.46. The molecule has 1 aromatic carbocycles. The summed E-state index contributed by atoms with van der Waals surface area (Å²) in [7, 11) is 3.81. The maximum absolute atomic E-state index is 5.46. The van der Waals surface area contributed by atoms with E-state index in [4.69, 9.17) is 14.8 Å². The van der Waals surface area contributed by atoms with Crippen molar-refractivity contribution in [2.45, 2.75) is 25.8 Å². The molecule has 6 nitrogen and oxygen atoms in total. The lowest BCUT2D eigenvalue weighted by molar-refractivity contribution is 0.243. The molecular formula is C20H25N5OS. The number of aromatic nitrogens is 3. The van der Waals surface area contributed by atoms with Crippen LogP contribution in [0.2, 0.25) is 0 Å². The molecule has 0 amide bonds. The van der Waals surface area contributed by atoms with Crippen molar-refractivity contribution in [3.05, 3.63) is 35.2 Å². The number of methoxy groups -OCH3 is 1. The van der Waals surface area contributed by atoms with Crippen LogP contribution < -0.4 is 9.64 Å². The third-order valence-corrected chi connectivity index (χ3v) is 6.89. The minimum absolute atomic E-state index is 0.860. The van der Waals surface area contributed by atoms with Crippen molar-refractivity contribution < 1.29 is 4.74 Å². The van der Waals surface area contributed by atoms with Crippen molar-refractivity contribution in [1.82, 2.24) is 19.7 Å². The number of hydrogen-bond donors (Lipinski definition) is 0. The van der Waals surface area contributed by atoms with Crippen molar-refractivity contribution >= 4 is 26.7 Å². The summed E-state index contributed by atoms with van der Waals surface area (Å²) in [5.74, 6) is 0.860. The van der Waals surface area contributed by atoms with Crippen LogP contribution in [0.15, 0.2) is 18.2 Å². The van der Waals surface area contributed by atoms with Crippen LogP contribution in [0.3, 0.4) is 0 Å². The Bertz CT molecular complexity index is 970. The van der Waals surface area contributed by atoms with Crippen molar-refractivity contribution in [2.24, 2.45) is 7.05 Å². The molecule has 3 aromatic rings. The van der Waals surface area contributed by atoms with Crippen LogP contribution in [-0.4, -0.2) is 53.0 Å². The number of para-hydroxylation sites is 1. The van der Waals surface area contributed by atoms with Crippen molar-refractivity contribution in [3.8, 4) is 5.75 Å². The number of ether oxygens (including phenoxy) is 1. The van der Waals surface area contributed by atoms with E-state index in [-0.39, 0.29) is 0 Å². The van der Waals surface area contributed by atoms with Crippen LogP contribution in [0.1, 0.15) is 23.4 Å². The molecule has 0 saturated carbocycles. The summed E-state index contributed by atoms with van der Waals surface area (Å²) < 4.78 is 8.76. The van der Waals surface area contributed by atoms with E-state index in [2.05, 4.69) is 27.6 Å². The van der Waals surface area contributed by atoms with Crippen LogP contribution in [0.4, 0.5) is 5.13 Å². The zero-order valence-corrected chi connectivity index (χ0v) is 16.8. The molecular weight excluding hydrogens is 358 g/mol. The van der Waals surface area contributed by atoms with Gasteiger partial charge in [0.2, 0.25) is 0 Å². The average Bonchev–Trinajstić information content (AvgIpc) is 3.38. The molecule has 0 bridgehead atoms. The molecule has 1 aliphatic heterocycles. The van der Waals surface area contributed by atoms with Gasteiger partial charge < -0.3 is 9.64 Å². The van der Waals surface area contributed by atoms with Crippen LogP contribution in [0.5, 0.6) is 5.75 Å². The first-order chi connectivity index (χ1) is 13.2. The van der Waals surface area contributed by atoms with Gasteiger partial charge in [-0.25, -0.2) is 4.98 Å². The minimum Gasteiger partial charge on any atom is -0.494 e. The number of anilines is 1. The lowest BCUT2D eigenvalue weighted by Gasteiger charge is -2.34. The van der Waals surface area contributed by atoms with Gasteiger partial charge in [0.1, 0.15) is 11.3 Å². The molecule has 1 fully saturated rings. The molecule has 0 N–H and O–H groups in total. The maximum Gasteiger partial charge on any atom is 0.186 e. The molecule has 0 atom stereocenters. The van der Waals surface area contributed by atoms with E-state index in [9.17, 15) is 0 Å². The van der Waals surface area contributed by atoms with E-state index >= 15 is 0 Å². The molecule has 7 heteroatoms. The Morgan fingerprint density at radius 1 is 1.15 bits per heavy atom. The lowest BCUT2D eigenvalue weighted by atomic mass is 10.2. The van der Waals surface area contributed by atoms with Crippen molar-refractivity contribution in [3.63, 3.8) is 0 Å².